The molecule has 2 aromatic rings. The van der Waals surface area contributed by atoms with Gasteiger partial charge in [-0.1, -0.05) is 0 Å². The molecule has 1 amide bonds. The third kappa shape index (κ3) is 7.70. The molecule has 0 unspecified atom stereocenters. The highest BCUT2D eigenvalue weighted by Gasteiger charge is 2.27. The Morgan fingerprint density at radius 3 is 2.71 bits per heavy atom. The lowest BCUT2D eigenvalue weighted by Gasteiger charge is -2.31. The summed E-state index contributed by atoms with van der Waals surface area (Å²) in [7, 11) is 3.99. The van der Waals surface area contributed by atoms with Gasteiger partial charge in [0, 0.05) is 43.1 Å². The molecule has 0 bridgehead atoms. The number of hydrogen-bond donors (Lipinski definition) is 1. The van der Waals surface area contributed by atoms with Crippen LogP contribution in [-0.4, -0.2) is 77.6 Å². The average Bonchev–Trinajstić information content (AvgIpc) is 2.81. The SMILES string of the molecule is CC(C)OC(=O)N1CCC(Oc2ncnc(Nc3ccc(SCCN(C)C)cc3F)c2C#N)CC1. The number of rotatable bonds is 9. The first-order valence-electron chi connectivity index (χ1n) is 11.5. The topological polar surface area (TPSA) is 104 Å². The van der Waals surface area contributed by atoms with Crippen LogP contribution in [0.15, 0.2) is 29.4 Å². The number of piperidine rings is 1. The van der Waals surface area contributed by atoms with E-state index in [1.54, 1.807) is 22.7 Å². The van der Waals surface area contributed by atoms with Gasteiger partial charge in [-0.05, 0) is 46.1 Å². The molecule has 0 spiro atoms. The van der Waals surface area contributed by atoms with E-state index in [-0.39, 0.29) is 41.2 Å². The van der Waals surface area contributed by atoms with E-state index >= 15 is 0 Å². The van der Waals surface area contributed by atoms with Gasteiger partial charge < -0.3 is 24.6 Å². The van der Waals surface area contributed by atoms with E-state index < -0.39 is 5.82 Å². The van der Waals surface area contributed by atoms with Gasteiger partial charge in [0.15, 0.2) is 11.4 Å². The summed E-state index contributed by atoms with van der Waals surface area (Å²) in [6.07, 6.45) is 1.69. The number of carbonyl (C=O) groups is 1. The maximum Gasteiger partial charge on any atom is 0.410 e. The fourth-order valence-electron chi connectivity index (χ4n) is 3.41. The number of nitrogens with zero attached hydrogens (tertiary/aromatic N) is 5. The molecule has 1 saturated heterocycles. The van der Waals surface area contributed by atoms with Crippen molar-refractivity contribution in [2.45, 2.75) is 43.8 Å². The molecule has 0 aliphatic carbocycles. The van der Waals surface area contributed by atoms with Crippen LogP contribution in [-0.2, 0) is 4.74 Å². The van der Waals surface area contributed by atoms with Crippen LogP contribution in [0.25, 0.3) is 0 Å². The van der Waals surface area contributed by atoms with Gasteiger partial charge in [0.2, 0.25) is 5.88 Å². The van der Waals surface area contributed by atoms with Crippen LogP contribution < -0.4 is 10.1 Å². The molecular formula is C24H31FN6O3S. The lowest BCUT2D eigenvalue weighted by molar-refractivity contribution is 0.0506. The zero-order valence-electron chi connectivity index (χ0n) is 20.5. The van der Waals surface area contributed by atoms with Gasteiger partial charge in [0.05, 0.1) is 11.8 Å². The molecule has 2 heterocycles. The van der Waals surface area contributed by atoms with Crippen molar-refractivity contribution in [3.05, 3.63) is 35.9 Å². The van der Waals surface area contributed by atoms with Crippen LogP contribution in [0.4, 0.5) is 20.7 Å². The van der Waals surface area contributed by atoms with Gasteiger partial charge in [-0.3, -0.25) is 0 Å². The average molecular weight is 503 g/mol. The second-order valence-corrected chi connectivity index (χ2v) is 9.84. The highest BCUT2D eigenvalue weighted by Crippen LogP contribution is 2.29. The molecule has 1 aliphatic rings. The van der Waals surface area contributed by atoms with Crippen LogP contribution >= 0.6 is 11.8 Å². The van der Waals surface area contributed by atoms with Crippen molar-refractivity contribution in [2.24, 2.45) is 0 Å². The number of anilines is 2. The standard InChI is InChI=1S/C24H31FN6O3S/c1-16(2)33-24(32)31-9-7-17(8-10-31)34-23-19(14-26)22(27-15-28-23)29-21-6-5-18(13-20(21)25)35-12-11-30(3)4/h5-6,13,15-17H,7-12H2,1-4H3,(H,27,28,29). The number of nitrogens with one attached hydrogen (secondary N) is 1. The Morgan fingerprint density at radius 1 is 1.34 bits per heavy atom. The number of hydrogen-bond acceptors (Lipinski definition) is 9. The Labute approximate surface area is 209 Å². The summed E-state index contributed by atoms with van der Waals surface area (Å²) in [6, 6.07) is 6.98. The molecule has 0 atom stereocenters. The number of nitriles is 1. The molecule has 0 saturated carbocycles. The predicted octanol–water partition coefficient (Wildman–Crippen LogP) is 4.27. The summed E-state index contributed by atoms with van der Waals surface area (Å²) in [5.41, 5.74) is 0.304. The quantitative estimate of drug-likeness (QED) is 0.503. The number of carbonyl (C=O) groups excluding carboxylic acids is 1. The zero-order valence-corrected chi connectivity index (χ0v) is 21.3. The summed E-state index contributed by atoms with van der Waals surface area (Å²) in [5, 5.41) is 12.6. The zero-order chi connectivity index (χ0) is 25.4. The van der Waals surface area contributed by atoms with E-state index in [4.69, 9.17) is 9.47 Å². The molecule has 1 aromatic carbocycles. The molecule has 0 radical (unpaired) electrons. The van der Waals surface area contributed by atoms with Crippen molar-refractivity contribution in [1.29, 1.82) is 5.26 Å². The molecule has 1 N–H and O–H groups in total. The maximum absolute atomic E-state index is 14.7. The van der Waals surface area contributed by atoms with E-state index in [1.807, 2.05) is 34.0 Å². The van der Waals surface area contributed by atoms with E-state index in [9.17, 15) is 14.4 Å². The van der Waals surface area contributed by atoms with Crippen LogP contribution in [0, 0.1) is 17.1 Å². The summed E-state index contributed by atoms with van der Waals surface area (Å²) in [6.45, 7) is 5.48. The molecule has 1 aliphatic heterocycles. The van der Waals surface area contributed by atoms with Gasteiger partial charge >= 0.3 is 6.09 Å². The first-order chi connectivity index (χ1) is 16.8. The third-order valence-corrected chi connectivity index (χ3v) is 6.21. The number of likely N-dealkylation sites (tertiary alicyclic amines) is 1. The second-order valence-electron chi connectivity index (χ2n) is 8.67. The van der Waals surface area contributed by atoms with Crippen LogP contribution in [0.3, 0.4) is 0 Å². The van der Waals surface area contributed by atoms with Gasteiger partial charge in [0.1, 0.15) is 24.3 Å². The number of ether oxygens (including phenoxy) is 2. The smallest absolute Gasteiger partial charge is 0.410 e. The number of aromatic nitrogens is 2. The largest absolute Gasteiger partial charge is 0.473 e. The van der Waals surface area contributed by atoms with E-state index in [0.29, 0.717) is 25.9 Å². The van der Waals surface area contributed by atoms with Crippen LogP contribution in [0.2, 0.25) is 0 Å². The fraction of sp³-hybridized carbons (Fsp3) is 0.500. The van der Waals surface area contributed by atoms with Crippen molar-refractivity contribution in [2.75, 3.05) is 44.8 Å². The number of benzene rings is 1. The Kier molecular flexibility index (Phi) is 9.51. The second kappa shape index (κ2) is 12.6. The Morgan fingerprint density at radius 2 is 2.09 bits per heavy atom. The first-order valence-corrected chi connectivity index (χ1v) is 12.5. The number of amides is 1. The maximum atomic E-state index is 14.7. The minimum atomic E-state index is -0.439. The number of thioether (sulfide) groups is 1. The third-order valence-electron chi connectivity index (χ3n) is 5.24. The van der Waals surface area contributed by atoms with Crippen molar-refractivity contribution in [3.63, 3.8) is 0 Å². The highest BCUT2D eigenvalue weighted by atomic mass is 32.2. The van der Waals surface area contributed by atoms with E-state index in [0.717, 1.165) is 17.2 Å². The summed E-state index contributed by atoms with van der Waals surface area (Å²) in [5.74, 6) is 0.708. The summed E-state index contributed by atoms with van der Waals surface area (Å²) >= 11 is 1.57. The van der Waals surface area contributed by atoms with Crippen molar-refractivity contribution >= 4 is 29.4 Å². The van der Waals surface area contributed by atoms with E-state index in [1.165, 1.54) is 12.4 Å². The molecule has 1 aromatic heterocycles. The molecule has 9 nitrogen and oxygen atoms in total. The number of halogens is 1. The van der Waals surface area contributed by atoms with Crippen molar-refractivity contribution in [1.82, 2.24) is 19.8 Å². The summed E-state index contributed by atoms with van der Waals surface area (Å²) in [4.78, 5) is 24.9. The van der Waals surface area contributed by atoms with Gasteiger partial charge in [-0.2, -0.15) is 5.26 Å². The van der Waals surface area contributed by atoms with E-state index in [2.05, 4.69) is 26.3 Å². The Bertz CT molecular complexity index is 1050. The highest BCUT2D eigenvalue weighted by molar-refractivity contribution is 7.99. The monoisotopic (exact) mass is 502 g/mol. The Hall–Kier alpha value is -3.10. The molecule has 3 rings (SSSR count). The minimum absolute atomic E-state index is 0.0954. The predicted molar refractivity (Wildman–Crippen MR) is 133 cm³/mol. The van der Waals surface area contributed by atoms with Crippen LogP contribution in [0.1, 0.15) is 32.3 Å². The van der Waals surface area contributed by atoms with Gasteiger partial charge in [-0.25, -0.2) is 19.2 Å². The fourth-order valence-corrected chi connectivity index (χ4v) is 4.45. The molecule has 11 heteroatoms. The summed E-state index contributed by atoms with van der Waals surface area (Å²) < 4.78 is 25.9. The molecule has 1 fully saturated rings. The Balaban J connectivity index is 1.64. The minimum Gasteiger partial charge on any atom is -0.473 e. The lowest BCUT2D eigenvalue weighted by Crippen LogP contribution is -2.42. The molecular weight excluding hydrogens is 471 g/mol. The normalized spacial score (nSPS) is 14.2. The van der Waals surface area contributed by atoms with Gasteiger partial charge in [0.25, 0.3) is 0 Å². The van der Waals surface area contributed by atoms with Crippen LogP contribution in [0.5, 0.6) is 5.88 Å². The van der Waals surface area contributed by atoms with Crippen molar-refractivity contribution in [3.8, 4) is 11.9 Å². The molecule has 35 heavy (non-hydrogen) atoms. The lowest BCUT2D eigenvalue weighted by atomic mass is 10.1. The van der Waals surface area contributed by atoms with Crippen molar-refractivity contribution < 1.29 is 18.7 Å². The first kappa shape index (κ1) is 26.5. The molecule has 188 valence electrons. The van der Waals surface area contributed by atoms with Gasteiger partial charge in [-0.15, -0.1) is 11.8 Å².